The van der Waals surface area contributed by atoms with E-state index in [0.29, 0.717) is 16.8 Å². The fourth-order valence-corrected chi connectivity index (χ4v) is 2.32. The van der Waals surface area contributed by atoms with E-state index in [4.69, 9.17) is 19.1 Å². The number of esters is 1. The minimum atomic E-state index is -0.607. The van der Waals surface area contributed by atoms with E-state index < -0.39 is 5.97 Å². The third kappa shape index (κ3) is 6.40. The molecular formula is C22H22N2O5. The largest absolute Gasteiger partial charge is 0.497 e. The zero-order chi connectivity index (χ0) is 21.1. The van der Waals surface area contributed by atoms with E-state index >= 15 is 0 Å². The molecule has 29 heavy (non-hydrogen) atoms. The van der Waals surface area contributed by atoms with E-state index in [1.165, 1.54) is 14.2 Å². The van der Waals surface area contributed by atoms with E-state index in [9.17, 15) is 4.79 Å². The first-order chi connectivity index (χ1) is 14.1. The molecule has 0 bridgehead atoms. The summed E-state index contributed by atoms with van der Waals surface area (Å²) in [4.78, 5) is 22.1. The second kappa shape index (κ2) is 11.1. The Bertz CT molecular complexity index is 953. The lowest BCUT2D eigenvalue weighted by Gasteiger charge is -2.09. The molecule has 0 aliphatic rings. The standard InChI is InChI=1S/C22H22N2O5/c1-16(9-10-17-11-13-19(26-2)14-12-17)23-29-15-18-7-5-6-8-20(18)21(24-28-4)22(25)27-3/h5-8,11-14H,15H2,1-4H3/b23-16+,24-21+. The van der Waals surface area contributed by atoms with Crippen molar-refractivity contribution in [3.63, 3.8) is 0 Å². The van der Waals surface area contributed by atoms with Gasteiger partial charge in [0.2, 0.25) is 0 Å². The van der Waals surface area contributed by atoms with Crippen LogP contribution in [-0.2, 0) is 25.8 Å². The van der Waals surface area contributed by atoms with Gasteiger partial charge < -0.3 is 19.1 Å². The predicted molar refractivity (Wildman–Crippen MR) is 110 cm³/mol. The average molecular weight is 394 g/mol. The maximum atomic E-state index is 12.0. The first kappa shape index (κ1) is 21.5. The maximum absolute atomic E-state index is 12.0. The molecule has 0 aliphatic carbocycles. The summed E-state index contributed by atoms with van der Waals surface area (Å²) in [6.45, 7) is 1.87. The summed E-state index contributed by atoms with van der Waals surface area (Å²) in [5.74, 6) is 6.09. The van der Waals surface area contributed by atoms with Crippen LogP contribution in [0.4, 0.5) is 0 Å². The summed E-state index contributed by atoms with van der Waals surface area (Å²) >= 11 is 0. The Morgan fingerprint density at radius 2 is 1.72 bits per heavy atom. The summed E-state index contributed by atoms with van der Waals surface area (Å²) in [7, 11) is 4.25. The molecule has 0 aliphatic heterocycles. The molecule has 0 atom stereocenters. The normalized spacial score (nSPS) is 11.2. The number of methoxy groups -OCH3 is 2. The second-order valence-corrected chi connectivity index (χ2v) is 5.70. The SMILES string of the molecule is CO/N=C(/C(=O)OC)c1ccccc1CO/N=C(\C)C#Cc1ccc(OC)cc1. The van der Waals surface area contributed by atoms with Gasteiger partial charge in [0.1, 0.15) is 25.2 Å². The highest BCUT2D eigenvalue weighted by Crippen LogP contribution is 2.13. The fourth-order valence-electron chi connectivity index (χ4n) is 2.32. The summed E-state index contributed by atoms with van der Waals surface area (Å²) in [6.07, 6.45) is 0. The molecule has 0 heterocycles. The number of rotatable bonds is 7. The molecule has 7 nitrogen and oxygen atoms in total. The minimum Gasteiger partial charge on any atom is -0.497 e. The molecule has 0 radical (unpaired) electrons. The van der Waals surface area contributed by atoms with Crippen molar-refractivity contribution in [2.24, 2.45) is 10.3 Å². The van der Waals surface area contributed by atoms with Crippen LogP contribution in [0.15, 0.2) is 58.8 Å². The van der Waals surface area contributed by atoms with Gasteiger partial charge >= 0.3 is 5.97 Å². The Morgan fingerprint density at radius 1 is 1.00 bits per heavy atom. The van der Waals surface area contributed by atoms with E-state index in [1.54, 1.807) is 32.2 Å². The topological polar surface area (TPSA) is 78.7 Å². The minimum absolute atomic E-state index is 0.0502. The summed E-state index contributed by atoms with van der Waals surface area (Å²) in [6, 6.07) is 14.5. The molecule has 0 unspecified atom stereocenters. The van der Waals surface area contributed by atoms with Crippen LogP contribution < -0.4 is 4.74 Å². The van der Waals surface area contributed by atoms with Crippen molar-refractivity contribution in [3.8, 4) is 17.6 Å². The van der Waals surface area contributed by atoms with Crippen molar-refractivity contribution in [2.75, 3.05) is 21.3 Å². The van der Waals surface area contributed by atoms with Gasteiger partial charge in [-0.15, -0.1) is 0 Å². The molecule has 2 aromatic carbocycles. The van der Waals surface area contributed by atoms with Gasteiger partial charge in [0, 0.05) is 16.7 Å². The monoisotopic (exact) mass is 394 g/mol. The summed E-state index contributed by atoms with van der Waals surface area (Å²) in [5, 5.41) is 7.77. The molecular weight excluding hydrogens is 372 g/mol. The highest BCUT2D eigenvalue weighted by atomic mass is 16.6. The molecule has 2 rings (SSSR count). The molecule has 7 heteroatoms. The van der Waals surface area contributed by atoms with Crippen LogP contribution in [0, 0.1) is 11.8 Å². The Morgan fingerprint density at radius 3 is 2.38 bits per heavy atom. The number of nitrogens with zero attached hydrogens (tertiary/aromatic N) is 2. The van der Waals surface area contributed by atoms with Gasteiger partial charge in [-0.2, -0.15) is 0 Å². The highest BCUT2D eigenvalue weighted by molar-refractivity contribution is 6.43. The molecule has 0 saturated carbocycles. The third-order valence-corrected chi connectivity index (χ3v) is 3.73. The molecule has 0 amide bonds. The van der Waals surface area contributed by atoms with Crippen LogP contribution in [-0.4, -0.2) is 38.7 Å². The van der Waals surface area contributed by atoms with Crippen LogP contribution in [0.3, 0.4) is 0 Å². The lowest BCUT2D eigenvalue weighted by Crippen LogP contribution is -2.19. The number of benzene rings is 2. The number of ether oxygens (including phenoxy) is 2. The van der Waals surface area contributed by atoms with Crippen molar-refractivity contribution < 1.29 is 23.9 Å². The van der Waals surface area contributed by atoms with Crippen LogP contribution in [0.25, 0.3) is 0 Å². The molecule has 0 aromatic heterocycles. The molecule has 0 fully saturated rings. The van der Waals surface area contributed by atoms with E-state index in [2.05, 4.69) is 22.2 Å². The predicted octanol–water partition coefficient (Wildman–Crippen LogP) is 3.16. The van der Waals surface area contributed by atoms with Gasteiger partial charge in [-0.3, -0.25) is 0 Å². The molecule has 0 saturated heterocycles. The smallest absolute Gasteiger partial charge is 0.360 e. The average Bonchev–Trinajstić information content (AvgIpc) is 2.76. The number of hydrogen-bond donors (Lipinski definition) is 0. The quantitative estimate of drug-likeness (QED) is 0.312. The van der Waals surface area contributed by atoms with E-state index in [0.717, 1.165) is 11.3 Å². The summed E-state index contributed by atoms with van der Waals surface area (Å²) < 4.78 is 9.88. The van der Waals surface area contributed by atoms with Crippen LogP contribution >= 0.6 is 0 Å². The molecule has 2 aromatic rings. The maximum Gasteiger partial charge on any atom is 0.360 e. The van der Waals surface area contributed by atoms with Crippen LogP contribution in [0.5, 0.6) is 5.75 Å². The zero-order valence-electron chi connectivity index (χ0n) is 16.8. The van der Waals surface area contributed by atoms with Crippen molar-refractivity contribution >= 4 is 17.4 Å². The van der Waals surface area contributed by atoms with Gasteiger partial charge in [-0.05, 0) is 37.1 Å². The Kier molecular flexibility index (Phi) is 8.27. The fraction of sp³-hybridized carbons (Fsp3) is 0.227. The Labute approximate surface area is 169 Å². The van der Waals surface area contributed by atoms with Crippen LogP contribution in [0.2, 0.25) is 0 Å². The van der Waals surface area contributed by atoms with Gasteiger partial charge in [0.15, 0.2) is 5.71 Å². The van der Waals surface area contributed by atoms with Gasteiger partial charge in [0.05, 0.1) is 14.2 Å². The molecule has 0 spiro atoms. The number of carbonyl (C=O) groups excluding carboxylic acids is 1. The van der Waals surface area contributed by atoms with E-state index in [1.807, 2.05) is 30.3 Å². The number of carbonyl (C=O) groups is 1. The van der Waals surface area contributed by atoms with Crippen molar-refractivity contribution in [1.82, 2.24) is 0 Å². The van der Waals surface area contributed by atoms with Crippen molar-refractivity contribution in [3.05, 3.63) is 65.2 Å². The van der Waals surface area contributed by atoms with Gasteiger partial charge in [0.25, 0.3) is 0 Å². The van der Waals surface area contributed by atoms with Gasteiger partial charge in [-0.1, -0.05) is 40.5 Å². The first-order valence-electron chi connectivity index (χ1n) is 8.69. The Hall–Kier alpha value is -3.79. The number of hydrogen-bond acceptors (Lipinski definition) is 7. The molecule has 150 valence electrons. The zero-order valence-corrected chi connectivity index (χ0v) is 16.8. The number of oxime groups is 2. The highest BCUT2D eigenvalue weighted by Gasteiger charge is 2.19. The third-order valence-electron chi connectivity index (χ3n) is 3.73. The Balaban J connectivity index is 2.09. The van der Waals surface area contributed by atoms with Gasteiger partial charge in [-0.25, -0.2) is 4.79 Å². The molecule has 0 N–H and O–H groups in total. The van der Waals surface area contributed by atoms with E-state index in [-0.39, 0.29) is 12.3 Å². The van der Waals surface area contributed by atoms with Crippen molar-refractivity contribution in [2.45, 2.75) is 13.5 Å². The van der Waals surface area contributed by atoms with Crippen LogP contribution in [0.1, 0.15) is 23.6 Å². The summed E-state index contributed by atoms with van der Waals surface area (Å²) in [5.41, 5.74) is 2.64. The lowest BCUT2D eigenvalue weighted by atomic mass is 10.0. The first-order valence-corrected chi connectivity index (χ1v) is 8.69. The second-order valence-electron chi connectivity index (χ2n) is 5.70. The lowest BCUT2D eigenvalue weighted by molar-refractivity contribution is -0.132. The van der Waals surface area contributed by atoms with Crippen molar-refractivity contribution in [1.29, 1.82) is 0 Å².